The zero-order chi connectivity index (χ0) is 14.5. The van der Waals surface area contributed by atoms with Crippen LogP contribution in [0.25, 0.3) is 0 Å². The summed E-state index contributed by atoms with van der Waals surface area (Å²) in [7, 11) is 0. The van der Waals surface area contributed by atoms with Gasteiger partial charge >= 0.3 is 0 Å². The zero-order valence-corrected chi connectivity index (χ0v) is 12.7. The van der Waals surface area contributed by atoms with Crippen LogP contribution in [0.2, 0.25) is 0 Å². The number of hydrogen-bond donors (Lipinski definition) is 1. The lowest BCUT2D eigenvalue weighted by molar-refractivity contribution is -0.115. The van der Waals surface area contributed by atoms with E-state index in [-0.39, 0.29) is 11.2 Å². The van der Waals surface area contributed by atoms with E-state index in [1.807, 2.05) is 51.1 Å². The van der Waals surface area contributed by atoms with Gasteiger partial charge in [-0.05, 0) is 56.2 Å². The van der Waals surface area contributed by atoms with Crippen LogP contribution in [-0.4, -0.2) is 16.1 Å². The van der Waals surface area contributed by atoms with Crippen molar-refractivity contribution in [2.24, 2.45) is 0 Å². The minimum atomic E-state index is -0.189. The van der Waals surface area contributed by atoms with Crippen molar-refractivity contribution < 1.29 is 4.79 Å². The van der Waals surface area contributed by atoms with Crippen LogP contribution < -0.4 is 5.32 Å². The Morgan fingerprint density at radius 3 is 2.50 bits per heavy atom. The maximum Gasteiger partial charge on any atom is 0.237 e. The lowest BCUT2D eigenvalue weighted by atomic mass is 10.1. The summed E-state index contributed by atoms with van der Waals surface area (Å²) >= 11 is 1.46. The minimum Gasteiger partial charge on any atom is -0.325 e. The molecule has 0 saturated carbocycles. The molecule has 104 valence electrons. The molecule has 1 aromatic heterocycles. The fraction of sp³-hybridized carbons (Fsp3) is 0.250. The SMILES string of the molecule is Cc1cc(C)cc(NC(=O)C(C)Sc2ccccn2)c1. The number of nitrogens with zero attached hydrogens (tertiary/aromatic N) is 1. The number of amides is 1. The second kappa shape index (κ2) is 6.57. The number of anilines is 1. The van der Waals surface area contributed by atoms with Crippen LogP contribution in [0, 0.1) is 13.8 Å². The number of hydrogen-bond acceptors (Lipinski definition) is 3. The average molecular weight is 286 g/mol. The molecule has 0 aliphatic heterocycles. The molecule has 0 aliphatic rings. The number of aromatic nitrogens is 1. The second-order valence-electron chi connectivity index (χ2n) is 4.79. The van der Waals surface area contributed by atoms with Gasteiger partial charge in [0.25, 0.3) is 0 Å². The molecule has 4 heteroatoms. The van der Waals surface area contributed by atoms with Gasteiger partial charge in [-0.1, -0.05) is 23.9 Å². The second-order valence-corrected chi connectivity index (χ2v) is 6.15. The summed E-state index contributed by atoms with van der Waals surface area (Å²) < 4.78 is 0. The molecule has 0 radical (unpaired) electrons. The quantitative estimate of drug-likeness (QED) is 0.869. The topological polar surface area (TPSA) is 42.0 Å². The van der Waals surface area contributed by atoms with Crippen LogP contribution in [0.4, 0.5) is 5.69 Å². The van der Waals surface area contributed by atoms with Crippen molar-refractivity contribution in [3.8, 4) is 0 Å². The third kappa shape index (κ3) is 4.10. The molecule has 1 N–H and O–H groups in total. The number of pyridine rings is 1. The third-order valence-corrected chi connectivity index (χ3v) is 3.84. The average Bonchev–Trinajstić information content (AvgIpc) is 2.38. The summed E-state index contributed by atoms with van der Waals surface area (Å²) in [6.45, 7) is 5.93. The van der Waals surface area contributed by atoms with Crippen molar-refractivity contribution in [2.45, 2.75) is 31.0 Å². The van der Waals surface area contributed by atoms with Crippen molar-refractivity contribution in [3.63, 3.8) is 0 Å². The minimum absolute atomic E-state index is 0.00865. The molecule has 2 rings (SSSR count). The Balaban J connectivity index is 2.00. The van der Waals surface area contributed by atoms with E-state index in [4.69, 9.17) is 0 Å². The highest BCUT2D eigenvalue weighted by Gasteiger charge is 2.15. The highest BCUT2D eigenvalue weighted by atomic mass is 32.2. The summed E-state index contributed by atoms with van der Waals surface area (Å²) in [4.78, 5) is 16.4. The predicted molar refractivity (Wildman–Crippen MR) is 84.1 cm³/mol. The van der Waals surface area contributed by atoms with E-state index in [1.54, 1.807) is 6.20 Å². The number of nitrogens with one attached hydrogen (secondary N) is 1. The van der Waals surface area contributed by atoms with E-state index >= 15 is 0 Å². The first-order valence-corrected chi connectivity index (χ1v) is 7.39. The molecule has 1 heterocycles. The maximum absolute atomic E-state index is 12.2. The molecule has 0 saturated heterocycles. The van der Waals surface area contributed by atoms with Gasteiger partial charge in [0.1, 0.15) is 0 Å². The standard InChI is InChI=1S/C16H18N2OS/c1-11-8-12(2)10-14(9-11)18-16(19)13(3)20-15-6-4-5-7-17-15/h4-10,13H,1-3H3,(H,18,19). The molecule has 0 spiro atoms. The van der Waals surface area contributed by atoms with Gasteiger partial charge in [0.05, 0.1) is 10.3 Å². The van der Waals surface area contributed by atoms with Gasteiger partial charge in [-0.3, -0.25) is 4.79 Å². The number of rotatable bonds is 4. The summed E-state index contributed by atoms with van der Waals surface area (Å²) in [5, 5.41) is 3.62. The van der Waals surface area contributed by atoms with Gasteiger partial charge < -0.3 is 5.32 Å². The van der Waals surface area contributed by atoms with Gasteiger partial charge in [-0.15, -0.1) is 0 Å². The van der Waals surface area contributed by atoms with Gasteiger partial charge in [-0.2, -0.15) is 0 Å². The highest BCUT2D eigenvalue weighted by Crippen LogP contribution is 2.22. The number of benzene rings is 1. The van der Waals surface area contributed by atoms with E-state index in [1.165, 1.54) is 11.8 Å². The molecule has 0 fully saturated rings. The van der Waals surface area contributed by atoms with Crippen LogP contribution in [-0.2, 0) is 4.79 Å². The zero-order valence-electron chi connectivity index (χ0n) is 11.9. The first-order valence-electron chi connectivity index (χ1n) is 6.51. The Hall–Kier alpha value is -1.81. The summed E-state index contributed by atoms with van der Waals surface area (Å²) in [5.41, 5.74) is 3.14. The van der Waals surface area contributed by atoms with E-state index < -0.39 is 0 Å². The van der Waals surface area contributed by atoms with E-state index in [2.05, 4.69) is 16.4 Å². The van der Waals surface area contributed by atoms with Crippen LogP contribution in [0.5, 0.6) is 0 Å². The molecule has 20 heavy (non-hydrogen) atoms. The first-order chi connectivity index (χ1) is 9.54. The van der Waals surface area contributed by atoms with Gasteiger partial charge in [0.15, 0.2) is 0 Å². The van der Waals surface area contributed by atoms with E-state index in [0.29, 0.717) is 0 Å². The molecule has 1 atom stereocenters. The van der Waals surface area contributed by atoms with Crippen molar-refractivity contribution in [1.29, 1.82) is 0 Å². The fourth-order valence-corrected chi connectivity index (χ4v) is 2.75. The molecule has 1 amide bonds. The lowest BCUT2D eigenvalue weighted by Crippen LogP contribution is -2.22. The van der Waals surface area contributed by atoms with Gasteiger partial charge in [0.2, 0.25) is 5.91 Å². The molecule has 0 aliphatic carbocycles. The molecule has 2 aromatic rings. The predicted octanol–water partition coefficient (Wildman–Crippen LogP) is 3.82. The number of aryl methyl sites for hydroxylation is 2. The Morgan fingerprint density at radius 1 is 1.20 bits per heavy atom. The Kier molecular flexibility index (Phi) is 4.79. The summed E-state index contributed by atoms with van der Waals surface area (Å²) in [6.07, 6.45) is 1.73. The summed E-state index contributed by atoms with van der Waals surface area (Å²) in [6, 6.07) is 11.7. The van der Waals surface area contributed by atoms with E-state index in [0.717, 1.165) is 21.8 Å². The largest absolute Gasteiger partial charge is 0.325 e. The smallest absolute Gasteiger partial charge is 0.237 e. The maximum atomic E-state index is 12.2. The van der Waals surface area contributed by atoms with Crippen LogP contribution in [0.1, 0.15) is 18.1 Å². The molecule has 1 unspecified atom stereocenters. The normalized spacial score (nSPS) is 11.9. The van der Waals surface area contributed by atoms with Crippen molar-refractivity contribution in [2.75, 3.05) is 5.32 Å². The molecule has 3 nitrogen and oxygen atoms in total. The first kappa shape index (κ1) is 14.6. The van der Waals surface area contributed by atoms with Crippen molar-refractivity contribution in [3.05, 3.63) is 53.7 Å². The van der Waals surface area contributed by atoms with Gasteiger partial charge in [-0.25, -0.2) is 4.98 Å². The highest BCUT2D eigenvalue weighted by molar-refractivity contribution is 8.00. The van der Waals surface area contributed by atoms with E-state index in [9.17, 15) is 4.79 Å². The Morgan fingerprint density at radius 2 is 1.90 bits per heavy atom. The van der Waals surface area contributed by atoms with Crippen LogP contribution in [0.15, 0.2) is 47.6 Å². The third-order valence-electron chi connectivity index (χ3n) is 2.79. The van der Waals surface area contributed by atoms with Crippen molar-refractivity contribution >= 4 is 23.4 Å². The number of carbonyl (C=O) groups excluding carboxylic acids is 1. The van der Waals surface area contributed by atoms with Crippen molar-refractivity contribution in [1.82, 2.24) is 4.98 Å². The molecule has 0 bridgehead atoms. The van der Waals surface area contributed by atoms with Gasteiger partial charge in [0, 0.05) is 11.9 Å². The molecular formula is C16H18N2OS. The monoisotopic (exact) mass is 286 g/mol. The Labute approximate surface area is 123 Å². The molecule has 1 aromatic carbocycles. The number of thioether (sulfide) groups is 1. The van der Waals surface area contributed by atoms with Crippen LogP contribution in [0.3, 0.4) is 0 Å². The Bertz CT molecular complexity index is 578. The summed E-state index contributed by atoms with van der Waals surface area (Å²) in [5.74, 6) is -0.00865. The fourth-order valence-electron chi connectivity index (χ4n) is 1.94. The van der Waals surface area contributed by atoms with Crippen LogP contribution >= 0.6 is 11.8 Å². The lowest BCUT2D eigenvalue weighted by Gasteiger charge is -2.12. The molecular weight excluding hydrogens is 268 g/mol. The number of carbonyl (C=O) groups is 1.